The van der Waals surface area contributed by atoms with E-state index in [0.29, 0.717) is 0 Å². The Morgan fingerprint density at radius 1 is 1.38 bits per heavy atom. The van der Waals surface area contributed by atoms with E-state index in [9.17, 15) is 28.6 Å². The average Bonchev–Trinajstić information content (AvgIpc) is 2.40. The first kappa shape index (κ1) is 13.8. The summed E-state index contributed by atoms with van der Waals surface area (Å²) in [4.78, 5) is 24.7. The Morgan fingerprint density at radius 3 is 2.71 bits per heavy atom. The van der Waals surface area contributed by atoms with Crippen LogP contribution in [0.2, 0.25) is 0 Å². The Bertz CT molecular complexity index is 687. The third-order valence-corrected chi connectivity index (χ3v) is 3.83. The first-order chi connectivity index (χ1) is 9.74. The van der Waals surface area contributed by atoms with Gasteiger partial charge in [0, 0.05) is 0 Å². The summed E-state index contributed by atoms with van der Waals surface area (Å²) in [6, 6.07) is -1.43. The van der Waals surface area contributed by atoms with E-state index in [1.165, 1.54) is 6.92 Å². The number of carbonyl (C=O) groups is 1. The standard InChI is InChI=1S/C12H12F2N2O5/c1-5-12(13,14)4-21-7-3-15-2-6(17)9(18)10(19)8(15)11(20)16(5)7/h2,5,7,17,19H,3-4H2,1H3/t5-,7+/m0/s1. The molecule has 0 unspecified atom stereocenters. The zero-order valence-corrected chi connectivity index (χ0v) is 10.9. The molecule has 2 N–H and O–H groups in total. The Labute approximate surface area is 117 Å². The normalized spacial score (nSPS) is 27.2. The van der Waals surface area contributed by atoms with Crippen molar-refractivity contribution < 1.29 is 28.5 Å². The van der Waals surface area contributed by atoms with Crippen molar-refractivity contribution in [2.45, 2.75) is 31.7 Å². The molecule has 9 heteroatoms. The second-order valence-electron chi connectivity index (χ2n) is 5.11. The number of carbonyl (C=O) groups excluding carboxylic acids is 1. The van der Waals surface area contributed by atoms with Crippen LogP contribution in [0.3, 0.4) is 0 Å². The van der Waals surface area contributed by atoms with Gasteiger partial charge in [-0.1, -0.05) is 0 Å². The summed E-state index contributed by atoms with van der Waals surface area (Å²) in [7, 11) is 0. The van der Waals surface area contributed by atoms with Crippen LogP contribution in [-0.4, -0.2) is 50.4 Å². The van der Waals surface area contributed by atoms with Crippen molar-refractivity contribution in [1.82, 2.24) is 9.47 Å². The number of rotatable bonds is 0. The minimum Gasteiger partial charge on any atom is -0.503 e. The fourth-order valence-corrected chi connectivity index (χ4v) is 2.60. The molecule has 0 saturated carbocycles. The molecule has 0 bridgehead atoms. The first-order valence-corrected chi connectivity index (χ1v) is 6.21. The fraction of sp³-hybridized carbons (Fsp3) is 0.500. The van der Waals surface area contributed by atoms with Gasteiger partial charge >= 0.3 is 0 Å². The highest BCUT2D eigenvalue weighted by Crippen LogP contribution is 2.36. The molecule has 1 amide bonds. The van der Waals surface area contributed by atoms with Crippen molar-refractivity contribution in [3.63, 3.8) is 0 Å². The van der Waals surface area contributed by atoms with Gasteiger partial charge in [0.25, 0.3) is 17.3 Å². The maximum Gasteiger partial charge on any atom is 0.290 e. The molecule has 3 heterocycles. The van der Waals surface area contributed by atoms with Crippen molar-refractivity contribution in [3.05, 3.63) is 22.1 Å². The lowest BCUT2D eigenvalue weighted by molar-refractivity contribution is -0.224. The number of nitrogens with zero attached hydrogens (tertiary/aromatic N) is 2. The summed E-state index contributed by atoms with van der Waals surface area (Å²) in [5.74, 6) is -5.85. The van der Waals surface area contributed by atoms with Gasteiger partial charge in [-0.15, -0.1) is 0 Å². The van der Waals surface area contributed by atoms with Gasteiger partial charge in [-0.25, -0.2) is 8.78 Å². The SMILES string of the molecule is C[C@@H]1N2C(=O)c3c(O)c(=O)c(O)cn3C[C@H]2OCC1(F)F. The molecule has 2 aliphatic rings. The molecule has 114 valence electrons. The van der Waals surface area contributed by atoms with Crippen molar-refractivity contribution in [3.8, 4) is 11.5 Å². The first-order valence-electron chi connectivity index (χ1n) is 6.21. The Balaban J connectivity index is 2.14. The topological polar surface area (TPSA) is 92.0 Å². The van der Waals surface area contributed by atoms with Crippen LogP contribution in [0.25, 0.3) is 0 Å². The molecule has 0 spiro atoms. The molecule has 0 aromatic carbocycles. The number of ether oxygens (including phenoxy) is 1. The summed E-state index contributed by atoms with van der Waals surface area (Å²) in [5.41, 5.74) is -1.55. The number of alkyl halides is 2. The second kappa shape index (κ2) is 4.17. The summed E-state index contributed by atoms with van der Waals surface area (Å²) in [6.45, 7) is 0.289. The average molecular weight is 302 g/mol. The monoisotopic (exact) mass is 302 g/mol. The summed E-state index contributed by atoms with van der Waals surface area (Å²) < 4.78 is 33.5. The van der Waals surface area contributed by atoms with Crippen LogP contribution in [0, 0.1) is 0 Å². The molecule has 3 rings (SSSR count). The summed E-state index contributed by atoms with van der Waals surface area (Å²) >= 11 is 0. The van der Waals surface area contributed by atoms with Crippen LogP contribution in [0.15, 0.2) is 11.0 Å². The second-order valence-corrected chi connectivity index (χ2v) is 5.11. The quantitative estimate of drug-likeness (QED) is 0.709. The van der Waals surface area contributed by atoms with Crippen LogP contribution < -0.4 is 5.43 Å². The summed E-state index contributed by atoms with van der Waals surface area (Å²) in [5, 5.41) is 19.1. The van der Waals surface area contributed by atoms with Gasteiger partial charge in [-0.05, 0) is 6.92 Å². The zero-order valence-electron chi connectivity index (χ0n) is 10.9. The Kier molecular flexibility index (Phi) is 2.74. The minimum atomic E-state index is -3.22. The van der Waals surface area contributed by atoms with Crippen molar-refractivity contribution >= 4 is 5.91 Å². The lowest BCUT2D eigenvalue weighted by Gasteiger charge is -2.47. The number of amides is 1. The molecule has 0 radical (unpaired) electrons. The van der Waals surface area contributed by atoms with E-state index in [-0.39, 0.29) is 6.54 Å². The van der Waals surface area contributed by atoms with Gasteiger partial charge in [-0.3, -0.25) is 9.59 Å². The molecule has 0 aliphatic carbocycles. The fourth-order valence-electron chi connectivity index (χ4n) is 2.60. The van der Waals surface area contributed by atoms with Crippen molar-refractivity contribution in [2.75, 3.05) is 6.61 Å². The molecule has 1 aromatic rings. The lowest BCUT2D eigenvalue weighted by Crippen LogP contribution is -2.64. The van der Waals surface area contributed by atoms with E-state index in [2.05, 4.69) is 0 Å². The molecule has 2 atom stereocenters. The number of hydrogen-bond donors (Lipinski definition) is 2. The highest BCUT2D eigenvalue weighted by atomic mass is 19.3. The van der Waals surface area contributed by atoms with Gasteiger partial charge in [0.2, 0.25) is 0 Å². The lowest BCUT2D eigenvalue weighted by atomic mass is 10.0. The zero-order chi connectivity index (χ0) is 15.5. The van der Waals surface area contributed by atoms with E-state index < -0.39 is 53.3 Å². The Morgan fingerprint density at radius 2 is 2.05 bits per heavy atom. The van der Waals surface area contributed by atoms with E-state index in [1.54, 1.807) is 0 Å². The van der Waals surface area contributed by atoms with Gasteiger partial charge in [0.05, 0.1) is 18.8 Å². The number of halogens is 2. The third-order valence-electron chi connectivity index (χ3n) is 3.83. The maximum atomic E-state index is 13.7. The van der Waals surface area contributed by atoms with Crippen LogP contribution in [-0.2, 0) is 11.3 Å². The highest BCUT2D eigenvalue weighted by Gasteiger charge is 2.52. The summed E-state index contributed by atoms with van der Waals surface area (Å²) in [6.07, 6.45) is 0.0360. The molecular weight excluding hydrogens is 290 g/mol. The molecule has 1 saturated heterocycles. The molecule has 1 fully saturated rings. The van der Waals surface area contributed by atoms with Gasteiger partial charge < -0.3 is 24.4 Å². The van der Waals surface area contributed by atoms with Crippen LogP contribution >= 0.6 is 0 Å². The van der Waals surface area contributed by atoms with E-state index in [4.69, 9.17) is 4.74 Å². The number of aromatic hydroxyl groups is 2. The third kappa shape index (κ3) is 1.80. The molecule has 7 nitrogen and oxygen atoms in total. The molecule has 2 aliphatic heterocycles. The van der Waals surface area contributed by atoms with Gasteiger partial charge in [0.1, 0.15) is 6.61 Å². The predicted molar refractivity (Wildman–Crippen MR) is 64.4 cm³/mol. The van der Waals surface area contributed by atoms with Crippen molar-refractivity contribution in [1.29, 1.82) is 0 Å². The number of pyridine rings is 1. The minimum absolute atomic E-state index is 0.0666. The largest absolute Gasteiger partial charge is 0.503 e. The molecule has 21 heavy (non-hydrogen) atoms. The van der Waals surface area contributed by atoms with E-state index in [1.807, 2.05) is 0 Å². The predicted octanol–water partition coefficient (Wildman–Crippen LogP) is 0.0954. The van der Waals surface area contributed by atoms with Crippen LogP contribution in [0.1, 0.15) is 17.4 Å². The molecular formula is C12H12F2N2O5. The maximum absolute atomic E-state index is 13.7. The van der Waals surface area contributed by atoms with Crippen LogP contribution in [0.4, 0.5) is 8.78 Å². The van der Waals surface area contributed by atoms with Gasteiger partial charge in [-0.2, -0.15) is 0 Å². The number of fused-ring (bicyclic) bond motifs is 2. The van der Waals surface area contributed by atoms with Gasteiger partial charge in [0.15, 0.2) is 23.4 Å². The molecule has 1 aromatic heterocycles. The number of hydrogen-bond acceptors (Lipinski definition) is 5. The smallest absolute Gasteiger partial charge is 0.290 e. The highest BCUT2D eigenvalue weighted by molar-refractivity contribution is 5.96. The Hall–Kier alpha value is -2.16. The number of aromatic nitrogens is 1. The van der Waals surface area contributed by atoms with Crippen molar-refractivity contribution in [2.24, 2.45) is 0 Å². The van der Waals surface area contributed by atoms with E-state index >= 15 is 0 Å². The van der Waals surface area contributed by atoms with E-state index in [0.717, 1.165) is 15.7 Å². The van der Waals surface area contributed by atoms with Crippen LogP contribution in [0.5, 0.6) is 11.5 Å².